The maximum atomic E-state index is 13.1. The number of aryl methyl sites for hydroxylation is 1. The van der Waals surface area contributed by atoms with E-state index in [1.54, 1.807) is 31.2 Å². The predicted molar refractivity (Wildman–Crippen MR) is 95.1 cm³/mol. The largest absolute Gasteiger partial charge is 0.478 e. The summed E-state index contributed by atoms with van der Waals surface area (Å²) in [6.45, 7) is 1.60. The minimum absolute atomic E-state index is 0.0305. The third-order valence-corrected chi connectivity index (χ3v) is 4.71. The van der Waals surface area contributed by atoms with Crippen molar-refractivity contribution in [3.8, 4) is 11.4 Å². The van der Waals surface area contributed by atoms with Gasteiger partial charge in [-0.3, -0.25) is 0 Å². The summed E-state index contributed by atoms with van der Waals surface area (Å²) in [6.07, 6.45) is 0. The molecule has 1 N–H and O–H groups in total. The summed E-state index contributed by atoms with van der Waals surface area (Å²) in [5.74, 6) is -1.07. The molecule has 0 unspecified atom stereocenters. The number of benzene rings is 2. The molecule has 2 aromatic carbocycles. The van der Waals surface area contributed by atoms with Gasteiger partial charge in [-0.1, -0.05) is 12.1 Å². The van der Waals surface area contributed by atoms with Crippen molar-refractivity contribution in [3.05, 3.63) is 77.0 Å². The van der Waals surface area contributed by atoms with Crippen LogP contribution in [0.2, 0.25) is 0 Å². The second-order valence-corrected chi connectivity index (χ2v) is 6.50. The fraction of sp³-hybridized carbons (Fsp3) is 0.105. The number of carboxylic acids is 1. The van der Waals surface area contributed by atoms with Gasteiger partial charge in [-0.2, -0.15) is 0 Å². The van der Waals surface area contributed by atoms with E-state index in [9.17, 15) is 18.7 Å². The molecule has 0 aliphatic heterocycles. The molecule has 1 aromatic heterocycles. The number of aromatic nitrogens is 2. The molecule has 3 rings (SSSR count). The Morgan fingerprint density at radius 3 is 2.15 bits per heavy atom. The van der Waals surface area contributed by atoms with Gasteiger partial charge in [0.1, 0.15) is 22.2 Å². The van der Waals surface area contributed by atoms with Crippen molar-refractivity contribution in [2.75, 3.05) is 0 Å². The highest BCUT2D eigenvalue weighted by molar-refractivity contribution is 7.98. The van der Waals surface area contributed by atoms with Crippen LogP contribution in [0.5, 0.6) is 0 Å². The molecule has 3 aromatic rings. The van der Waals surface area contributed by atoms with Gasteiger partial charge >= 0.3 is 5.97 Å². The van der Waals surface area contributed by atoms with Gasteiger partial charge in [0.2, 0.25) is 0 Å². The predicted octanol–water partition coefficient (Wildman–Crippen LogP) is 4.72. The highest BCUT2D eigenvalue weighted by atomic mass is 32.2. The first kappa shape index (κ1) is 18.0. The Morgan fingerprint density at radius 2 is 1.58 bits per heavy atom. The topological polar surface area (TPSA) is 63.1 Å². The Kier molecular flexibility index (Phi) is 5.27. The zero-order chi connectivity index (χ0) is 18.7. The van der Waals surface area contributed by atoms with E-state index in [1.807, 2.05) is 0 Å². The summed E-state index contributed by atoms with van der Waals surface area (Å²) in [7, 11) is 0. The third-order valence-electron chi connectivity index (χ3n) is 3.66. The molecular formula is C19H14F2N2O2S. The molecule has 1 heterocycles. The number of halogens is 2. The maximum Gasteiger partial charge on any atom is 0.340 e. The number of hydrogen-bond acceptors (Lipinski definition) is 4. The molecule has 0 spiro atoms. The Hall–Kier alpha value is -2.80. The Balaban J connectivity index is 1.96. The van der Waals surface area contributed by atoms with Crippen LogP contribution in [0.4, 0.5) is 8.78 Å². The van der Waals surface area contributed by atoms with E-state index in [0.29, 0.717) is 27.9 Å². The van der Waals surface area contributed by atoms with E-state index in [-0.39, 0.29) is 17.2 Å². The number of carbonyl (C=O) groups is 1. The van der Waals surface area contributed by atoms with E-state index in [2.05, 4.69) is 9.97 Å². The smallest absolute Gasteiger partial charge is 0.340 e. The first-order valence-electron chi connectivity index (χ1n) is 7.69. The molecule has 132 valence electrons. The fourth-order valence-corrected chi connectivity index (χ4v) is 3.38. The molecule has 0 bridgehead atoms. The van der Waals surface area contributed by atoms with E-state index in [4.69, 9.17) is 0 Å². The van der Waals surface area contributed by atoms with Crippen LogP contribution in [0, 0.1) is 18.6 Å². The molecular weight excluding hydrogens is 358 g/mol. The quantitative estimate of drug-likeness (QED) is 0.519. The summed E-state index contributed by atoms with van der Waals surface area (Å²) in [6, 6.07) is 11.6. The van der Waals surface area contributed by atoms with Gasteiger partial charge in [0.25, 0.3) is 0 Å². The van der Waals surface area contributed by atoms with Crippen LogP contribution in [-0.4, -0.2) is 21.0 Å². The number of carboxylic acid groups (broad SMARTS) is 1. The first-order chi connectivity index (χ1) is 12.4. The molecule has 0 fully saturated rings. The van der Waals surface area contributed by atoms with E-state index < -0.39 is 5.97 Å². The van der Waals surface area contributed by atoms with Crippen LogP contribution in [0.15, 0.2) is 53.6 Å². The van der Waals surface area contributed by atoms with Crippen LogP contribution in [-0.2, 0) is 5.75 Å². The van der Waals surface area contributed by atoms with Crippen LogP contribution < -0.4 is 0 Å². The molecule has 0 aliphatic rings. The number of hydrogen-bond donors (Lipinski definition) is 1. The summed E-state index contributed by atoms with van der Waals surface area (Å²) < 4.78 is 26.1. The van der Waals surface area contributed by atoms with Crippen molar-refractivity contribution in [1.29, 1.82) is 0 Å². The minimum Gasteiger partial charge on any atom is -0.478 e. The lowest BCUT2D eigenvalue weighted by Crippen LogP contribution is -2.08. The van der Waals surface area contributed by atoms with Gasteiger partial charge in [-0.15, -0.1) is 11.8 Å². The van der Waals surface area contributed by atoms with Gasteiger partial charge in [-0.05, 0) is 48.9 Å². The van der Waals surface area contributed by atoms with Crippen molar-refractivity contribution in [3.63, 3.8) is 0 Å². The zero-order valence-electron chi connectivity index (χ0n) is 13.7. The molecule has 0 radical (unpaired) electrons. The zero-order valence-corrected chi connectivity index (χ0v) is 14.6. The summed E-state index contributed by atoms with van der Waals surface area (Å²) in [5.41, 5.74) is 1.79. The summed E-state index contributed by atoms with van der Waals surface area (Å²) in [4.78, 5) is 20.2. The lowest BCUT2D eigenvalue weighted by atomic mass is 10.2. The number of thioether (sulfide) groups is 1. The SMILES string of the molecule is Cc1nc(-c2ccc(F)cc2)nc(SCc2ccc(F)cc2)c1C(=O)O. The van der Waals surface area contributed by atoms with Crippen LogP contribution >= 0.6 is 11.8 Å². The first-order valence-corrected chi connectivity index (χ1v) is 8.67. The van der Waals surface area contributed by atoms with Gasteiger partial charge < -0.3 is 5.11 Å². The molecule has 0 aliphatic carbocycles. The molecule has 0 saturated carbocycles. The second kappa shape index (κ2) is 7.61. The van der Waals surface area contributed by atoms with Crippen LogP contribution in [0.1, 0.15) is 21.6 Å². The number of aromatic carboxylic acids is 1. The van der Waals surface area contributed by atoms with E-state index in [0.717, 1.165) is 5.56 Å². The molecule has 26 heavy (non-hydrogen) atoms. The Morgan fingerprint density at radius 1 is 1.00 bits per heavy atom. The summed E-state index contributed by atoms with van der Waals surface area (Å²) >= 11 is 1.23. The van der Waals surface area contributed by atoms with Crippen LogP contribution in [0.3, 0.4) is 0 Å². The van der Waals surface area contributed by atoms with Crippen LogP contribution in [0.25, 0.3) is 11.4 Å². The third kappa shape index (κ3) is 4.05. The average molecular weight is 372 g/mol. The van der Waals surface area contributed by atoms with Gasteiger partial charge in [0.05, 0.1) is 5.69 Å². The van der Waals surface area contributed by atoms with Gasteiger partial charge in [-0.25, -0.2) is 23.5 Å². The molecule has 7 heteroatoms. The standard InChI is InChI=1S/C19H14F2N2O2S/c1-11-16(19(24)25)18(26-10-12-2-6-14(20)7-3-12)23-17(22-11)13-4-8-15(21)9-5-13/h2-9H,10H2,1H3,(H,24,25). The Bertz CT molecular complexity index is 945. The monoisotopic (exact) mass is 372 g/mol. The lowest BCUT2D eigenvalue weighted by Gasteiger charge is -2.10. The van der Waals surface area contributed by atoms with Crippen molar-refractivity contribution >= 4 is 17.7 Å². The average Bonchev–Trinajstić information content (AvgIpc) is 2.61. The number of nitrogens with zero attached hydrogens (tertiary/aromatic N) is 2. The minimum atomic E-state index is -1.12. The maximum absolute atomic E-state index is 13.1. The highest BCUT2D eigenvalue weighted by Crippen LogP contribution is 2.29. The van der Waals surface area contributed by atoms with Gasteiger partial charge in [0.15, 0.2) is 5.82 Å². The highest BCUT2D eigenvalue weighted by Gasteiger charge is 2.19. The van der Waals surface area contributed by atoms with Crippen molar-refractivity contribution < 1.29 is 18.7 Å². The van der Waals surface area contributed by atoms with E-state index >= 15 is 0 Å². The van der Waals surface area contributed by atoms with Crippen molar-refractivity contribution in [1.82, 2.24) is 9.97 Å². The van der Waals surface area contributed by atoms with Crippen molar-refractivity contribution in [2.24, 2.45) is 0 Å². The molecule has 0 saturated heterocycles. The van der Waals surface area contributed by atoms with Gasteiger partial charge in [0, 0.05) is 11.3 Å². The molecule has 4 nitrogen and oxygen atoms in total. The van der Waals surface area contributed by atoms with E-state index in [1.165, 1.54) is 36.0 Å². The fourth-order valence-electron chi connectivity index (χ4n) is 2.36. The normalized spacial score (nSPS) is 10.7. The Labute approximate surface area is 152 Å². The lowest BCUT2D eigenvalue weighted by molar-refractivity contribution is 0.0690. The number of rotatable bonds is 5. The summed E-state index contributed by atoms with van der Waals surface area (Å²) in [5, 5.41) is 9.80. The van der Waals surface area contributed by atoms with Crippen molar-refractivity contribution in [2.45, 2.75) is 17.7 Å². The molecule has 0 atom stereocenters. The second-order valence-electron chi connectivity index (χ2n) is 5.54. The molecule has 0 amide bonds.